The Morgan fingerprint density at radius 3 is 2.50 bits per heavy atom. The minimum Gasteiger partial charge on any atom is -0.454 e. The van der Waals surface area contributed by atoms with E-state index in [1.807, 2.05) is 42.7 Å². The largest absolute Gasteiger partial charge is 0.454 e. The molecule has 2 saturated heterocycles. The molecule has 2 amide bonds. The quantitative estimate of drug-likeness (QED) is 0.790. The highest BCUT2D eigenvalue weighted by atomic mass is 16.7. The van der Waals surface area contributed by atoms with Crippen LogP contribution in [0.1, 0.15) is 32.8 Å². The molecule has 0 saturated carbocycles. The third-order valence-corrected chi connectivity index (χ3v) is 5.81. The van der Waals surface area contributed by atoms with Gasteiger partial charge in [-0.25, -0.2) is 0 Å². The molecule has 1 aromatic rings. The van der Waals surface area contributed by atoms with Crippen LogP contribution < -0.4 is 9.47 Å². The van der Waals surface area contributed by atoms with Crippen LogP contribution >= 0.6 is 0 Å². The van der Waals surface area contributed by atoms with E-state index in [1.165, 1.54) is 5.56 Å². The average Bonchev–Trinajstić information content (AvgIpc) is 3.27. The summed E-state index contributed by atoms with van der Waals surface area (Å²) in [5.74, 6) is 1.62. The van der Waals surface area contributed by atoms with Gasteiger partial charge in [0.05, 0.1) is 5.92 Å². The zero-order valence-corrected chi connectivity index (χ0v) is 16.9. The third-order valence-electron chi connectivity index (χ3n) is 5.81. The van der Waals surface area contributed by atoms with Crippen molar-refractivity contribution in [2.45, 2.75) is 39.3 Å². The molecule has 0 aromatic heterocycles. The van der Waals surface area contributed by atoms with Gasteiger partial charge >= 0.3 is 0 Å². The molecule has 7 heteroatoms. The first kappa shape index (κ1) is 19.1. The average molecular weight is 387 g/mol. The Kier molecular flexibility index (Phi) is 4.95. The van der Waals surface area contributed by atoms with E-state index in [9.17, 15) is 9.59 Å². The maximum atomic E-state index is 12.9. The number of hydrogen-bond donors (Lipinski definition) is 0. The number of amides is 2. The number of hydrogen-bond acceptors (Lipinski definition) is 5. The topological polar surface area (TPSA) is 62.3 Å². The SMILES string of the molecule is CC(C)(C)N1CC(C(=O)N2CCN(Cc3ccc4c(c3)OCO4)CC2)CC1=O. The minimum absolute atomic E-state index is 0.0901. The summed E-state index contributed by atoms with van der Waals surface area (Å²) in [5, 5.41) is 0. The number of carbonyl (C=O) groups is 2. The molecule has 0 radical (unpaired) electrons. The lowest BCUT2D eigenvalue weighted by molar-refractivity contribution is -0.137. The van der Waals surface area contributed by atoms with Crippen LogP contribution in [0, 0.1) is 5.92 Å². The van der Waals surface area contributed by atoms with Gasteiger partial charge in [0, 0.05) is 51.2 Å². The monoisotopic (exact) mass is 387 g/mol. The Morgan fingerprint density at radius 2 is 1.82 bits per heavy atom. The number of piperazine rings is 1. The number of rotatable bonds is 3. The van der Waals surface area contributed by atoms with Gasteiger partial charge in [-0.15, -0.1) is 0 Å². The normalized spacial score (nSPS) is 22.8. The Labute approximate surface area is 166 Å². The van der Waals surface area contributed by atoms with Crippen molar-refractivity contribution < 1.29 is 19.1 Å². The number of fused-ring (bicyclic) bond motifs is 1. The van der Waals surface area contributed by atoms with Crippen molar-refractivity contribution in [3.8, 4) is 11.5 Å². The smallest absolute Gasteiger partial charge is 0.231 e. The van der Waals surface area contributed by atoms with Gasteiger partial charge in [0.15, 0.2) is 11.5 Å². The Hall–Kier alpha value is -2.28. The lowest BCUT2D eigenvalue weighted by atomic mass is 10.1. The van der Waals surface area contributed by atoms with Crippen LogP contribution in [-0.4, -0.2) is 71.6 Å². The third kappa shape index (κ3) is 3.81. The van der Waals surface area contributed by atoms with Crippen LogP contribution in [0.15, 0.2) is 18.2 Å². The maximum absolute atomic E-state index is 12.9. The van der Waals surface area contributed by atoms with E-state index in [0.717, 1.165) is 31.1 Å². The van der Waals surface area contributed by atoms with Crippen molar-refractivity contribution in [2.24, 2.45) is 5.92 Å². The molecule has 0 bridgehead atoms. The lowest BCUT2D eigenvalue weighted by Gasteiger charge is -2.36. The van der Waals surface area contributed by atoms with Crippen LogP contribution in [0.2, 0.25) is 0 Å². The highest BCUT2D eigenvalue weighted by Gasteiger charge is 2.41. The molecule has 2 fully saturated rings. The molecule has 7 nitrogen and oxygen atoms in total. The molecule has 0 spiro atoms. The maximum Gasteiger partial charge on any atom is 0.231 e. The first-order valence-electron chi connectivity index (χ1n) is 10.0. The summed E-state index contributed by atoms with van der Waals surface area (Å²) in [4.78, 5) is 31.3. The number of nitrogens with zero attached hydrogens (tertiary/aromatic N) is 3. The second kappa shape index (κ2) is 7.28. The van der Waals surface area contributed by atoms with Gasteiger partial charge in [0.2, 0.25) is 18.6 Å². The molecular formula is C21H29N3O4. The van der Waals surface area contributed by atoms with E-state index in [1.54, 1.807) is 0 Å². The minimum atomic E-state index is -0.227. The van der Waals surface area contributed by atoms with Gasteiger partial charge in [0.1, 0.15) is 0 Å². The molecule has 1 atom stereocenters. The van der Waals surface area contributed by atoms with Crippen molar-refractivity contribution >= 4 is 11.8 Å². The molecule has 3 aliphatic heterocycles. The number of ether oxygens (including phenoxy) is 2. The Morgan fingerprint density at radius 1 is 1.11 bits per heavy atom. The molecular weight excluding hydrogens is 358 g/mol. The molecule has 3 aliphatic rings. The number of carbonyl (C=O) groups excluding carboxylic acids is 2. The highest BCUT2D eigenvalue weighted by Crippen LogP contribution is 2.33. The van der Waals surface area contributed by atoms with E-state index in [0.29, 0.717) is 26.1 Å². The summed E-state index contributed by atoms with van der Waals surface area (Å²) < 4.78 is 10.8. The molecule has 152 valence electrons. The van der Waals surface area contributed by atoms with Crippen molar-refractivity contribution in [1.82, 2.24) is 14.7 Å². The summed E-state index contributed by atoms with van der Waals surface area (Å²) in [6.07, 6.45) is 0.341. The first-order valence-corrected chi connectivity index (χ1v) is 10.0. The van der Waals surface area contributed by atoms with Crippen molar-refractivity contribution in [1.29, 1.82) is 0 Å². The fraction of sp³-hybridized carbons (Fsp3) is 0.619. The zero-order chi connectivity index (χ0) is 19.9. The summed E-state index contributed by atoms with van der Waals surface area (Å²) in [7, 11) is 0. The summed E-state index contributed by atoms with van der Waals surface area (Å²) in [5.41, 5.74) is 0.960. The van der Waals surface area contributed by atoms with E-state index >= 15 is 0 Å². The van der Waals surface area contributed by atoms with Crippen LogP contribution in [0.5, 0.6) is 11.5 Å². The van der Waals surface area contributed by atoms with Gasteiger partial charge in [-0.05, 0) is 38.5 Å². The molecule has 28 heavy (non-hydrogen) atoms. The van der Waals surface area contributed by atoms with Crippen LogP contribution in [0.4, 0.5) is 0 Å². The molecule has 1 aromatic carbocycles. The van der Waals surface area contributed by atoms with E-state index in [-0.39, 0.29) is 30.1 Å². The Bertz CT molecular complexity index is 765. The lowest BCUT2D eigenvalue weighted by Crippen LogP contribution is -2.50. The van der Waals surface area contributed by atoms with Crippen LogP contribution in [0.3, 0.4) is 0 Å². The second-order valence-corrected chi connectivity index (χ2v) is 8.87. The fourth-order valence-corrected chi connectivity index (χ4v) is 4.20. The summed E-state index contributed by atoms with van der Waals surface area (Å²) in [6.45, 7) is 10.8. The first-order chi connectivity index (χ1) is 13.3. The van der Waals surface area contributed by atoms with Crippen molar-refractivity contribution in [3.05, 3.63) is 23.8 Å². The molecule has 0 aliphatic carbocycles. The van der Waals surface area contributed by atoms with Crippen LogP contribution in [-0.2, 0) is 16.1 Å². The van der Waals surface area contributed by atoms with E-state index in [2.05, 4.69) is 11.0 Å². The van der Waals surface area contributed by atoms with Gasteiger partial charge in [0.25, 0.3) is 0 Å². The second-order valence-electron chi connectivity index (χ2n) is 8.87. The summed E-state index contributed by atoms with van der Waals surface area (Å²) >= 11 is 0. The van der Waals surface area contributed by atoms with Gasteiger partial charge in [-0.3, -0.25) is 14.5 Å². The summed E-state index contributed by atoms with van der Waals surface area (Å²) in [6, 6.07) is 6.05. The predicted molar refractivity (Wildman–Crippen MR) is 104 cm³/mol. The molecule has 0 N–H and O–H groups in total. The van der Waals surface area contributed by atoms with E-state index < -0.39 is 0 Å². The van der Waals surface area contributed by atoms with Crippen molar-refractivity contribution in [2.75, 3.05) is 39.5 Å². The molecule has 1 unspecified atom stereocenters. The zero-order valence-electron chi connectivity index (χ0n) is 16.9. The predicted octanol–water partition coefficient (Wildman–Crippen LogP) is 1.71. The van der Waals surface area contributed by atoms with Gasteiger partial charge in [-0.2, -0.15) is 0 Å². The molecule has 3 heterocycles. The van der Waals surface area contributed by atoms with Crippen LogP contribution in [0.25, 0.3) is 0 Å². The number of likely N-dealkylation sites (tertiary alicyclic amines) is 1. The van der Waals surface area contributed by atoms with Crippen molar-refractivity contribution in [3.63, 3.8) is 0 Å². The van der Waals surface area contributed by atoms with E-state index in [4.69, 9.17) is 9.47 Å². The van der Waals surface area contributed by atoms with Gasteiger partial charge in [-0.1, -0.05) is 6.07 Å². The number of benzene rings is 1. The fourth-order valence-electron chi connectivity index (χ4n) is 4.20. The molecule has 4 rings (SSSR count). The highest BCUT2D eigenvalue weighted by molar-refractivity contribution is 5.89. The van der Waals surface area contributed by atoms with Gasteiger partial charge < -0.3 is 19.3 Å². The standard InChI is InChI=1S/C21H29N3O4/c1-21(2,3)24-13-16(11-19(24)25)20(26)23-8-6-22(7-9-23)12-15-4-5-17-18(10-15)28-14-27-17/h4-5,10,16H,6-9,11-14H2,1-3H3. The Balaban J connectivity index is 1.29.